The molecule has 2 atom stereocenters. The third kappa shape index (κ3) is 4.57. The minimum atomic E-state index is -0.583. The highest BCUT2D eigenvalue weighted by Crippen LogP contribution is 2.61. The Morgan fingerprint density at radius 2 is 1.56 bits per heavy atom. The van der Waals surface area contributed by atoms with Gasteiger partial charge >= 0.3 is 5.97 Å². The number of oxime groups is 2. The van der Waals surface area contributed by atoms with E-state index in [0.717, 1.165) is 17.7 Å². The maximum absolute atomic E-state index is 12.2. The van der Waals surface area contributed by atoms with Crippen molar-refractivity contribution in [1.29, 1.82) is 0 Å². The van der Waals surface area contributed by atoms with Crippen LogP contribution >= 0.6 is 0 Å². The molecular formula is C28H28N2O4. The van der Waals surface area contributed by atoms with Crippen LogP contribution in [0.2, 0.25) is 0 Å². The van der Waals surface area contributed by atoms with Crippen LogP contribution in [-0.4, -0.2) is 31.6 Å². The van der Waals surface area contributed by atoms with Gasteiger partial charge in [-0.15, -0.1) is 0 Å². The first-order chi connectivity index (χ1) is 16.6. The second-order valence-corrected chi connectivity index (χ2v) is 8.23. The molecule has 0 heterocycles. The van der Waals surface area contributed by atoms with E-state index in [0.29, 0.717) is 11.5 Å². The smallest absolute Gasteiger partial charge is 0.360 e. The molecule has 1 aliphatic carbocycles. The Labute approximate surface area is 199 Å². The van der Waals surface area contributed by atoms with Crippen molar-refractivity contribution < 1.29 is 19.2 Å². The molecule has 1 aliphatic rings. The summed E-state index contributed by atoms with van der Waals surface area (Å²) < 4.78 is 4.85. The van der Waals surface area contributed by atoms with Crippen molar-refractivity contribution in [1.82, 2.24) is 0 Å². The Morgan fingerprint density at radius 1 is 0.912 bits per heavy atom. The van der Waals surface area contributed by atoms with Gasteiger partial charge in [-0.2, -0.15) is 0 Å². The Bertz CT molecular complexity index is 1190. The van der Waals surface area contributed by atoms with E-state index >= 15 is 0 Å². The van der Waals surface area contributed by atoms with Gasteiger partial charge in [-0.25, -0.2) is 4.79 Å². The van der Waals surface area contributed by atoms with E-state index in [1.807, 2.05) is 37.3 Å². The predicted octanol–water partition coefficient (Wildman–Crippen LogP) is 5.23. The number of methoxy groups -OCH3 is 1. The number of carbonyl (C=O) groups is 1. The van der Waals surface area contributed by atoms with E-state index in [9.17, 15) is 4.79 Å². The molecule has 0 aliphatic heterocycles. The molecule has 6 nitrogen and oxygen atoms in total. The first kappa shape index (κ1) is 23.2. The molecule has 3 aromatic carbocycles. The fraction of sp³-hybridized carbons (Fsp3) is 0.250. The van der Waals surface area contributed by atoms with Gasteiger partial charge in [0.2, 0.25) is 0 Å². The van der Waals surface area contributed by atoms with Crippen molar-refractivity contribution >= 4 is 17.4 Å². The molecule has 1 saturated carbocycles. The van der Waals surface area contributed by atoms with Gasteiger partial charge in [0.05, 0.1) is 12.8 Å². The number of hydrogen-bond donors (Lipinski definition) is 0. The molecule has 4 rings (SSSR count). The van der Waals surface area contributed by atoms with Gasteiger partial charge in [0, 0.05) is 22.5 Å². The summed E-state index contributed by atoms with van der Waals surface area (Å²) in [6.45, 7) is 2.20. The molecule has 0 N–H and O–H groups in total. The molecule has 2 unspecified atom stereocenters. The van der Waals surface area contributed by atoms with Crippen LogP contribution < -0.4 is 0 Å². The fourth-order valence-corrected chi connectivity index (χ4v) is 4.56. The number of rotatable bonds is 9. The van der Waals surface area contributed by atoms with Gasteiger partial charge in [-0.1, -0.05) is 95.2 Å². The Morgan fingerprint density at radius 3 is 2.24 bits per heavy atom. The minimum Gasteiger partial charge on any atom is -0.464 e. The second-order valence-electron chi connectivity index (χ2n) is 8.23. The Hall–Kier alpha value is -3.93. The van der Waals surface area contributed by atoms with Gasteiger partial charge in [0.1, 0.15) is 13.7 Å². The molecule has 0 bridgehead atoms. The Kier molecular flexibility index (Phi) is 7.07. The van der Waals surface area contributed by atoms with Crippen LogP contribution in [0.25, 0.3) is 0 Å². The highest BCUT2D eigenvalue weighted by Gasteiger charge is 2.58. The molecule has 34 heavy (non-hydrogen) atoms. The van der Waals surface area contributed by atoms with Crippen LogP contribution in [0.1, 0.15) is 41.5 Å². The van der Waals surface area contributed by atoms with E-state index in [1.165, 1.54) is 25.3 Å². The maximum atomic E-state index is 12.2. The number of benzene rings is 3. The number of carbonyl (C=O) groups excluding carboxylic acids is 1. The molecule has 1 fully saturated rings. The van der Waals surface area contributed by atoms with Crippen LogP contribution in [-0.2, 0) is 31.2 Å². The lowest BCUT2D eigenvalue weighted by atomic mass is 9.87. The van der Waals surface area contributed by atoms with Crippen molar-refractivity contribution in [2.75, 3.05) is 14.2 Å². The summed E-state index contributed by atoms with van der Waals surface area (Å²) in [5.41, 5.74) is 4.66. The van der Waals surface area contributed by atoms with Crippen LogP contribution in [0.5, 0.6) is 0 Å². The first-order valence-corrected chi connectivity index (χ1v) is 11.2. The lowest BCUT2D eigenvalue weighted by Gasteiger charge is -2.18. The fourth-order valence-electron chi connectivity index (χ4n) is 4.56. The predicted molar refractivity (Wildman–Crippen MR) is 132 cm³/mol. The van der Waals surface area contributed by atoms with Crippen molar-refractivity contribution in [2.45, 2.75) is 31.3 Å². The molecule has 174 valence electrons. The summed E-state index contributed by atoms with van der Waals surface area (Å²) in [4.78, 5) is 22.9. The average molecular weight is 457 g/mol. The summed E-state index contributed by atoms with van der Waals surface area (Å²) in [7, 11) is 2.69. The summed E-state index contributed by atoms with van der Waals surface area (Å²) in [6.07, 6.45) is 0.975. The number of hydrogen-bond acceptors (Lipinski definition) is 6. The quantitative estimate of drug-likeness (QED) is 0.251. The van der Waals surface area contributed by atoms with E-state index in [2.05, 4.69) is 58.8 Å². The zero-order valence-corrected chi connectivity index (χ0v) is 19.6. The van der Waals surface area contributed by atoms with Gasteiger partial charge in [0.25, 0.3) is 0 Å². The van der Waals surface area contributed by atoms with E-state index in [4.69, 9.17) is 14.4 Å². The number of nitrogens with zero attached hydrogens (tertiary/aromatic N) is 2. The summed E-state index contributed by atoms with van der Waals surface area (Å²) >= 11 is 0. The Balaban J connectivity index is 1.59. The third-order valence-corrected chi connectivity index (χ3v) is 6.35. The zero-order valence-electron chi connectivity index (χ0n) is 19.6. The standard InChI is InChI=1S/C28H28N2O4/c1-20(28(23-15-8-5-9-16-23)18-25(28)21-12-6-4-7-13-21)29-34-19-22-14-10-11-17-24(22)26(30-33-3)27(31)32-2/h4-17,25H,18-19H2,1-3H3. The van der Waals surface area contributed by atoms with Crippen LogP contribution in [0.3, 0.4) is 0 Å². The molecule has 0 amide bonds. The van der Waals surface area contributed by atoms with Crippen molar-refractivity contribution in [2.24, 2.45) is 10.3 Å². The van der Waals surface area contributed by atoms with Crippen LogP contribution in [0, 0.1) is 0 Å². The summed E-state index contributed by atoms with van der Waals surface area (Å²) in [6, 6.07) is 28.3. The molecule has 0 aromatic heterocycles. The van der Waals surface area contributed by atoms with Crippen molar-refractivity contribution in [3.8, 4) is 0 Å². The lowest BCUT2D eigenvalue weighted by molar-refractivity contribution is -0.132. The monoisotopic (exact) mass is 456 g/mol. The van der Waals surface area contributed by atoms with Gasteiger partial charge < -0.3 is 14.4 Å². The SMILES string of the molecule is CON=C(C(=O)OC)c1ccccc1CON=C(C)C1(c2ccccc2)CC1c1ccccc1. The van der Waals surface area contributed by atoms with E-state index < -0.39 is 5.97 Å². The van der Waals surface area contributed by atoms with E-state index in [1.54, 1.807) is 6.07 Å². The van der Waals surface area contributed by atoms with Crippen molar-refractivity contribution in [3.63, 3.8) is 0 Å². The molecule has 0 saturated heterocycles. The van der Waals surface area contributed by atoms with Gasteiger partial charge in [-0.3, -0.25) is 0 Å². The zero-order chi connectivity index (χ0) is 24.0. The van der Waals surface area contributed by atoms with E-state index in [-0.39, 0.29) is 17.7 Å². The average Bonchev–Trinajstić information content (AvgIpc) is 3.65. The molecule has 6 heteroatoms. The topological polar surface area (TPSA) is 69.5 Å². The van der Waals surface area contributed by atoms with Gasteiger partial charge in [0.15, 0.2) is 5.71 Å². The lowest BCUT2D eigenvalue weighted by Crippen LogP contribution is -2.21. The summed E-state index contributed by atoms with van der Waals surface area (Å²) in [5, 5.41) is 8.40. The van der Waals surface area contributed by atoms with Gasteiger partial charge in [-0.05, 0) is 24.5 Å². The van der Waals surface area contributed by atoms with Crippen molar-refractivity contribution in [3.05, 3.63) is 107 Å². The maximum Gasteiger partial charge on any atom is 0.360 e. The third-order valence-electron chi connectivity index (χ3n) is 6.35. The summed E-state index contributed by atoms with van der Waals surface area (Å²) in [5.74, 6) is -0.240. The number of ether oxygens (including phenoxy) is 1. The highest BCUT2D eigenvalue weighted by atomic mass is 16.6. The largest absolute Gasteiger partial charge is 0.464 e. The molecule has 3 aromatic rings. The highest BCUT2D eigenvalue weighted by molar-refractivity contribution is 6.43. The molecular weight excluding hydrogens is 428 g/mol. The number of esters is 1. The normalized spacial score (nSPS) is 19.9. The van der Waals surface area contributed by atoms with Crippen LogP contribution in [0.15, 0.2) is 95.2 Å². The first-order valence-electron chi connectivity index (χ1n) is 11.2. The molecule has 0 radical (unpaired) electrons. The molecule has 0 spiro atoms. The second kappa shape index (κ2) is 10.3. The van der Waals surface area contributed by atoms with Crippen LogP contribution in [0.4, 0.5) is 0 Å². The minimum absolute atomic E-state index is 0.0805.